The summed E-state index contributed by atoms with van der Waals surface area (Å²) < 4.78 is 0. The van der Waals surface area contributed by atoms with Gasteiger partial charge in [0.25, 0.3) is 0 Å². The first-order valence-electron chi connectivity index (χ1n) is 7.45. The summed E-state index contributed by atoms with van der Waals surface area (Å²) in [6.45, 7) is 3.28. The molecule has 8 heteroatoms. The van der Waals surface area contributed by atoms with E-state index in [0.29, 0.717) is 12.8 Å². The molecule has 0 aromatic rings. The van der Waals surface area contributed by atoms with E-state index in [0.717, 1.165) is 6.42 Å². The van der Waals surface area contributed by atoms with Crippen molar-refractivity contribution in [3.8, 4) is 0 Å². The lowest BCUT2D eigenvalue weighted by Crippen LogP contribution is -2.45. The molecular formula is C15H24O8. The van der Waals surface area contributed by atoms with Crippen LogP contribution >= 0.6 is 0 Å². The van der Waals surface area contributed by atoms with E-state index in [1.54, 1.807) is 0 Å². The molecule has 0 saturated heterocycles. The van der Waals surface area contributed by atoms with Crippen LogP contribution in [0, 0.1) is 17.3 Å². The number of carboxylic acid groups (broad SMARTS) is 4. The minimum atomic E-state index is -1.47. The Bertz CT molecular complexity index is 422. The van der Waals surface area contributed by atoms with Crippen molar-refractivity contribution in [2.75, 3.05) is 0 Å². The van der Waals surface area contributed by atoms with Crippen LogP contribution in [0.3, 0.4) is 0 Å². The van der Waals surface area contributed by atoms with E-state index in [1.807, 2.05) is 6.92 Å². The SMILES string of the molecule is CCCCCC(C)(C(CC(=O)O)C(=O)O)C(CC(=O)O)C(=O)O. The summed E-state index contributed by atoms with van der Waals surface area (Å²) in [6, 6.07) is 0. The Kier molecular flexibility index (Phi) is 8.28. The Balaban J connectivity index is 5.80. The molecule has 0 heterocycles. The van der Waals surface area contributed by atoms with Gasteiger partial charge in [-0.15, -0.1) is 0 Å². The van der Waals surface area contributed by atoms with Crippen molar-refractivity contribution in [3.05, 3.63) is 0 Å². The van der Waals surface area contributed by atoms with E-state index in [2.05, 4.69) is 0 Å². The molecule has 2 atom stereocenters. The second kappa shape index (κ2) is 9.12. The Labute approximate surface area is 134 Å². The Morgan fingerprint density at radius 1 is 0.826 bits per heavy atom. The molecule has 0 aliphatic carbocycles. The maximum atomic E-state index is 11.5. The zero-order chi connectivity index (χ0) is 18.2. The van der Waals surface area contributed by atoms with Crippen molar-refractivity contribution >= 4 is 23.9 Å². The van der Waals surface area contributed by atoms with Gasteiger partial charge < -0.3 is 20.4 Å². The third-order valence-electron chi connectivity index (χ3n) is 4.26. The molecule has 0 radical (unpaired) electrons. The highest BCUT2D eigenvalue weighted by atomic mass is 16.4. The highest BCUT2D eigenvalue weighted by Crippen LogP contribution is 2.44. The van der Waals surface area contributed by atoms with Gasteiger partial charge in [-0.05, 0) is 11.8 Å². The zero-order valence-corrected chi connectivity index (χ0v) is 13.3. The van der Waals surface area contributed by atoms with Crippen LogP contribution in [-0.2, 0) is 19.2 Å². The van der Waals surface area contributed by atoms with E-state index in [4.69, 9.17) is 10.2 Å². The van der Waals surface area contributed by atoms with Crippen molar-refractivity contribution in [1.82, 2.24) is 0 Å². The normalized spacial score (nSPS) is 16.1. The van der Waals surface area contributed by atoms with Crippen molar-refractivity contribution < 1.29 is 39.6 Å². The van der Waals surface area contributed by atoms with Crippen molar-refractivity contribution in [2.24, 2.45) is 17.3 Å². The van der Waals surface area contributed by atoms with E-state index in [9.17, 15) is 29.4 Å². The van der Waals surface area contributed by atoms with Crippen LogP contribution in [0.15, 0.2) is 0 Å². The molecule has 0 aromatic heterocycles. The molecule has 4 N–H and O–H groups in total. The molecule has 0 aromatic carbocycles. The van der Waals surface area contributed by atoms with Gasteiger partial charge in [-0.2, -0.15) is 0 Å². The Morgan fingerprint density at radius 2 is 1.22 bits per heavy atom. The molecule has 132 valence electrons. The molecule has 0 aliphatic heterocycles. The van der Waals surface area contributed by atoms with Gasteiger partial charge in [-0.25, -0.2) is 0 Å². The van der Waals surface area contributed by atoms with Gasteiger partial charge in [0.15, 0.2) is 0 Å². The summed E-state index contributed by atoms with van der Waals surface area (Å²) in [5.41, 5.74) is -1.47. The number of rotatable bonds is 12. The third kappa shape index (κ3) is 6.25. The minimum Gasteiger partial charge on any atom is -0.481 e. The van der Waals surface area contributed by atoms with Crippen LogP contribution < -0.4 is 0 Å². The van der Waals surface area contributed by atoms with E-state index >= 15 is 0 Å². The molecule has 0 saturated carbocycles. The molecular weight excluding hydrogens is 308 g/mol. The zero-order valence-electron chi connectivity index (χ0n) is 13.3. The van der Waals surface area contributed by atoms with Crippen LogP contribution in [0.25, 0.3) is 0 Å². The van der Waals surface area contributed by atoms with E-state index < -0.39 is 54.0 Å². The summed E-state index contributed by atoms with van der Waals surface area (Å²) in [6.07, 6.45) is 0.662. The molecule has 0 bridgehead atoms. The lowest BCUT2D eigenvalue weighted by molar-refractivity contribution is -0.164. The largest absolute Gasteiger partial charge is 0.481 e. The third-order valence-corrected chi connectivity index (χ3v) is 4.26. The molecule has 23 heavy (non-hydrogen) atoms. The lowest BCUT2D eigenvalue weighted by Gasteiger charge is -2.39. The highest BCUT2D eigenvalue weighted by Gasteiger charge is 2.49. The first-order chi connectivity index (χ1) is 10.6. The number of hydrogen-bond acceptors (Lipinski definition) is 4. The average Bonchev–Trinajstić information content (AvgIpc) is 2.41. The number of carbonyl (C=O) groups is 4. The minimum absolute atomic E-state index is 0.134. The summed E-state index contributed by atoms with van der Waals surface area (Å²) >= 11 is 0. The fourth-order valence-corrected chi connectivity index (χ4v) is 2.90. The van der Waals surface area contributed by atoms with Gasteiger partial charge in [-0.1, -0.05) is 33.1 Å². The number of unbranched alkanes of at least 4 members (excludes halogenated alkanes) is 2. The van der Waals surface area contributed by atoms with Crippen LogP contribution in [0.4, 0.5) is 0 Å². The van der Waals surface area contributed by atoms with E-state index in [1.165, 1.54) is 6.92 Å². The maximum Gasteiger partial charge on any atom is 0.307 e. The predicted octanol–water partition coefficient (Wildman–Crippen LogP) is 1.92. The van der Waals surface area contributed by atoms with Gasteiger partial charge in [-0.3, -0.25) is 19.2 Å². The molecule has 0 amide bonds. The topological polar surface area (TPSA) is 149 Å². The lowest BCUT2D eigenvalue weighted by atomic mass is 9.63. The number of hydrogen-bond donors (Lipinski definition) is 4. The molecule has 0 aliphatic rings. The van der Waals surface area contributed by atoms with Crippen LogP contribution in [0.1, 0.15) is 52.4 Å². The monoisotopic (exact) mass is 332 g/mol. The maximum absolute atomic E-state index is 11.5. The van der Waals surface area contributed by atoms with Crippen LogP contribution in [0.2, 0.25) is 0 Å². The molecule has 2 unspecified atom stereocenters. The fourth-order valence-electron chi connectivity index (χ4n) is 2.90. The quantitative estimate of drug-likeness (QED) is 0.396. The smallest absolute Gasteiger partial charge is 0.307 e. The molecule has 0 rings (SSSR count). The van der Waals surface area contributed by atoms with Crippen molar-refractivity contribution in [2.45, 2.75) is 52.4 Å². The van der Waals surface area contributed by atoms with Crippen molar-refractivity contribution in [3.63, 3.8) is 0 Å². The first kappa shape index (κ1) is 20.9. The summed E-state index contributed by atoms with van der Waals surface area (Å²) in [5, 5.41) is 36.6. The fraction of sp³-hybridized carbons (Fsp3) is 0.733. The first-order valence-corrected chi connectivity index (χ1v) is 7.45. The Hall–Kier alpha value is -2.12. The Morgan fingerprint density at radius 3 is 1.48 bits per heavy atom. The second-order valence-corrected chi connectivity index (χ2v) is 5.94. The molecule has 0 spiro atoms. The summed E-state index contributed by atoms with van der Waals surface area (Å²) in [5.74, 6) is -8.53. The van der Waals surface area contributed by atoms with Crippen LogP contribution in [0.5, 0.6) is 0 Å². The van der Waals surface area contributed by atoms with Crippen molar-refractivity contribution in [1.29, 1.82) is 0 Å². The average molecular weight is 332 g/mol. The predicted molar refractivity (Wildman–Crippen MR) is 79.0 cm³/mol. The highest BCUT2D eigenvalue weighted by molar-refractivity contribution is 5.82. The number of aliphatic carboxylic acids is 4. The van der Waals surface area contributed by atoms with Gasteiger partial charge in [0.1, 0.15) is 0 Å². The number of carboxylic acids is 4. The van der Waals surface area contributed by atoms with Gasteiger partial charge >= 0.3 is 23.9 Å². The van der Waals surface area contributed by atoms with Gasteiger partial charge in [0.2, 0.25) is 0 Å². The van der Waals surface area contributed by atoms with E-state index in [-0.39, 0.29) is 6.42 Å². The summed E-state index contributed by atoms with van der Waals surface area (Å²) in [4.78, 5) is 45.0. The molecule has 0 fully saturated rings. The second-order valence-electron chi connectivity index (χ2n) is 5.94. The summed E-state index contributed by atoms with van der Waals surface area (Å²) in [7, 11) is 0. The van der Waals surface area contributed by atoms with Gasteiger partial charge in [0, 0.05) is 0 Å². The van der Waals surface area contributed by atoms with Crippen LogP contribution in [-0.4, -0.2) is 44.3 Å². The standard InChI is InChI=1S/C15H24O8/c1-3-4-5-6-15(2,9(13(20)21)7-11(16)17)10(14(22)23)8-12(18)19/h9-10H,3-8H2,1-2H3,(H,16,17)(H,18,19)(H,20,21)(H,22,23). The van der Waals surface area contributed by atoms with Gasteiger partial charge in [0.05, 0.1) is 24.7 Å². The molecule has 8 nitrogen and oxygen atoms in total.